The topological polar surface area (TPSA) is 35.5 Å². The highest BCUT2D eigenvalue weighted by Crippen LogP contribution is 2.43. The molecule has 0 spiro atoms. The SMILES string of the molecule is CC(CC=O)c1cc2c(c(Cl)c1F)OCO2. The van der Waals surface area contributed by atoms with E-state index in [1.165, 1.54) is 6.07 Å². The van der Waals surface area contributed by atoms with Crippen LogP contribution in [0.3, 0.4) is 0 Å². The van der Waals surface area contributed by atoms with E-state index < -0.39 is 5.82 Å². The van der Waals surface area contributed by atoms with E-state index in [9.17, 15) is 9.18 Å². The molecule has 0 bridgehead atoms. The maximum absolute atomic E-state index is 13.8. The lowest BCUT2D eigenvalue weighted by atomic mass is 9.97. The zero-order valence-electron chi connectivity index (χ0n) is 8.63. The Morgan fingerprint density at radius 2 is 2.38 bits per heavy atom. The summed E-state index contributed by atoms with van der Waals surface area (Å²) in [5.74, 6) is -0.106. The minimum atomic E-state index is -0.541. The highest BCUT2D eigenvalue weighted by molar-refractivity contribution is 6.32. The summed E-state index contributed by atoms with van der Waals surface area (Å²) >= 11 is 5.82. The van der Waals surface area contributed by atoms with Gasteiger partial charge in [0.15, 0.2) is 11.5 Å². The monoisotopic (exact) mass is 244 g/mol. The molecule has 86 valence electrons. The molecule has 1 atom stereocenters. The van der Waals surface area contributed by atoms with Crippen LogP contribution in [0.4, 0.5) is 4.39 Å². The Hall–Kier alpha value is -1.29. The number of carbonyl (C=O) groups excluding carboxylic acids is 1. The van der Waals surface area contributed by atoms with Crippen LogP contribution < -0.4 is 9.47 Å². The molecular weight excluding hydrogens is 235 g/mol. The number of carbonyl (C=O) groups is 1. The third-order valence-electron chi connectivity index (χ3n) is 2.55. The van der Waals surface area contributed by atoms with Gasteiger partial charge in [-0.15, -0.1) is 0 Å². The normalized spacial score (nSPS) is 14.9. The molecule has 0 saturated carbocycles. The molecule has 0 aliphatic carbocycles. The molecule has 0 aromatic heterocycles. The van der Waals surface area contributed by atoms with Crippen molar-refractivity contribution >= 4 is 17.9 Å². The fourth-order valence-electron chi connectivity index (χ4n) is 1.63. The predicted molar refractivity (Wildman–Crippen MR) is 56.6 cm³/mol. The maximum Gasteiger partial charge on any atom is 0.231 e. The van der Waals surface area contributed by atoms with Gasteiger partial charge in [-0.2, -0.15) is 0 Å². The van der Waals surface area contributed by atoms with Crippen molar-refractivity contribution in [2.45, 2.75) is 19.3 Å². The number of hydrogen-bond donors (Lipinski definition) is 0. The number of fused-ring (bicyclic) bond motifs is 1. The van der Waals surface area contributed by atoms with Crippen LogP contribution in [0, 0.1) is 5.82 Å². The summed E-state index contributed by atoms with van der Waals surface area (Å²) in [7, 11) is 0. The molecule has 1 unspecified atom stereocenters. The molecule has 1 heterocycles. The maximum atomic E-state index is 13.8. The third-order valence-corrected chi connectivity index (χ3v) is 2.89. The molecule has 1 aromatic carbocycles. The average Bonchev–Trinajstić information content (AvgIpc) is 2.71. The Bertz CT molecular complexity index is 434. The molecular formula is C11H10ClFO3. The van der Waals surface area contributed by atoms with E-state index in [0.29, 0.717) is 11.3 Å². The fraction of sp³-hybridized carbons (Fsp3) is 0.364. The van der Waals surface area contributed by atoms with Gasteiger partial charge in [-0.05, 0) is 17.5 Å². The molecule has 0 fully saturated rings. The molecule has 1 aliphatic heterocycles. The highest BCUT2D eigenvalue weighted by atomic mass is 35.5. The number of rotatable bonds is 3. The van der Waals surface area contributed by atoms with Crippen molar-refractivity contribution in [3.8, 4) is 11.5 Å². The molecule has 1 aliphatic rings. The van der Waals surface area contributed by atoms with Crippen molar-refractivity contribution in [1.29, 1.82) is 0 Å². The first-order valence-electron chi connectivity index (χ1n) is 4.86. The third kappa shape index (κ3) is 1.73. The van der Waals surface area contributed by atoms with Crippen molar-refractivity contribution in [2.24, 2.45) is 0 Å². The first-order chi connectivity index (χ1) is 7.65. The van der Waals surface area contributed by atoms with E-state index in [-0.39, 0.29) is 29.9 Å². The Morgan fingerprint density at radius 1 is 1.62 bits per heavy atom. The number of halogens is 2. The Kier molecular flexibility index (Phi) is 3.01. The Balaban J connectivity index is 2.47. The summed E-state index contributed by atoms with van der Waals surface area (Å²) < 4.78 is 24.0. The molecule has 3 nitrogen and oxygen atoms in total. The second kappa shape index (κ2) is 4.29. The minimum Gasteiger partial charge on any atom is -0.454 e. The van der Waals surface area contributed by atoms with Crippen molar-refractivity contribution in [3.63, 3.8) is 0 Å². The van der Waals surface area contributed by atoms with Crippen LogP contribution in [0.2, 0.25) is 5.02 Å². The first kappa shape index (κ1) is 11.2. The van der Waals surface area contributed by atoms with Crippen LogP contribution in [-0.2, 0) is 4.79 Å². The van der Waals surface area contributed by atoms with Gasteiger partial charge in [0.2, 0.25) is 6.79 Å². The smallest absolute Gasteiger partial charge is 0.231 e. The van der Waals surface area contributed by atoms with Gasteiger partial charge in [0.05, 0.1) is 0 Å². The zero-order valence-corrected chi connectivity index (χ0v) is 9.38. The predicted octanol–water partition coefficient (Wildman–Crippen LogP) is 2.90. The van der Waals surface area contributed by atoms with Gasteiger partial charge in [0.25, 0.3) is 0 Å². The Morgan fingerprint density at radius 3 is 3.06 bits per heavy atom. The van der Waals surface area contributed by atoms with E-state index >= 15 is 0 Å². The highest BCUT2D eigenvalue weighted by Gasteiger charge is 2.25. The summed E-state index contributed by atoms with van der Waals surface area (Å²) in [6.07, 6.45) is 0.996. The summed E-state index contributed by atoms with van der Waals surface area (Å²) in [6, 6.07) is 1.54. The molecule has 5 heteroatoms. The number of hydrogen-bond acceptors (Lipinski definition) is 3. The summed E-state index contributed by atoms with van der Waals surface area (Å²) in [5, 5.41) is -0.0808. The molecule has 16 heavy (non-hydrogen) atoms. The van der Waals surface area contributed by atoms with E-state index in [1.807, 2.05) is 0 Å². The van der Waals surface area contributed by atoms with Gasteiger partial charge >= 0.3 is 0 Å². The second-order valence-electron chi connectivity index (χ2n) is 3.63. The number of ether oxygens (including phenoxy) is 2. The van der Waals surface area contributed by atoms with Gasteiger partial charge in [-0.1, -0.05) is 18.5 Å². The summed E-state index contributed by atoms with van der Waals surface area (Å²) in [5.41, 5.74) is 0.376. The van der Waals surface area contributed by atoms with Gasteiger partial charge in [0, 0.05) is 6.42 Å². The number of benzene rings is 1. The van der Waals surface area contributed by atoms with Crippen molar-refractivity contribution in [3.05, 3.63) is 22.5 Å². The quantitative estimate of drug-likeness (QED) is 0.767. The molecule has 0 saturated heterocycles. The van der Waals surface area contributed by atoms with Crippen LogP contribution in [-0.4, -0.2) is 13.1 Å². The number of aldehydes is 1. The van der Waals surface area contributed by atoms with Crippen molar-refractivity contribution in [1.82, 2.24) is 0 Å². The second-order valence-corrected chi connectivity index (χ2v) is 4.01. The van der Waals surface area contributed by atoms with Crippen molar-refractivity contribution < 1.29 is 18.7 Å². The lowest BCUT2D eigenvalue weighted by molar-refractivity contribution is -0.108. The average molecular weight is 245 g/mol. The van der Waals surface area contributed by atoms with E-state index in [1.54, 1.807) is 6.92 Å². The zero-order chi connectivity index (χ0) is 11.7. The molecule has 0 radical (unpaired) electrons. The summed E-state index contributed by atoms with van der Waals surface area (Å²) in [6.45, 7) is 1.80. The lowest BCUT2D eigenvalue weighted by Gasteiger charge is -2.12. The van der Waals surface area contributed by atoms with Gasteiger partial charge in [-0.25, -0.2) is 4.39 Å². The summed E-state index contributed by atoms with van der Waals surface area (Å²) in [4.78, 5) is 10.4. The van der Waals surface area contributed by atoms with E-state index in [4.69, 9.17) is 21.1 Å². The van der Waals surface area contributed by atoms with E-state index in [0.717, 1.165) is 6.29 Å². The van der Waals surface area contributed by atoms with Crippen LogP contribution in [0.25, 0.3) is 0 Å². The van der Waals surface area contributed by atoms with Crippen LogP contribution in [0.1, 0.15) is 24.8 Å². The molecule has 0 N–H and O–H groups in total. The molecule has 1 aromatic rings. The lowest BCUT2D eigenvalue weighted by Crippen LogP contribution is -1.99. The molecule has 0 amide bonds. The van der Waals surface area contributed by atoms with Gasteiger partial charge < -0.3 is 14.3 Å². The van der Waals surface area contributed by atoms with Gasteiger partial charge in [-0.3, -0.25) is 0 Å². The van der Waals surface area contributed by atoms with Gasteiger partial charge in [0.1, 0.15) is 17.1 Å². The van der Waals surface area contributed by atoms with Crippen LogP contribution in [0.5, 0.6) is 11.5 Å². The standard InChI is InChI=1S/C11H10ClFO3/c1-6(2-3-14)7-4-8-11(16-5-15-8)9(12)10(7)13/h3-4,6H,2,5H2,1H3. The Labute approximate surface area is 97.1 Å². The van der Waals surface area contributed by atoms with Crippen molar-refractivity contribution in [2.75, 3.05) is 6.79 Å². The van der Waals surface area contributed by atoms with E-state index in [2.05, 4.69) is 0 Å². The minimum absolute atomic E-state index is 0.0417. The fourth-order valence-corrected chi connectivity index (χ4v) is 1.88. The van der Waals surface area contributed by atoms with Crippen LogP contribution in [0.15, 0.2) is 6.07 Å². The first-order valence-corrected chi connectivity index (χ1v) is 5.24. The molecule has 2 rings (SSSR count). The van der Waals surface area contributed by atoms with Crippen LogP contribution >= 0.6 is 11.6 Å². The largest absolute Gasteiger partial charge is 0.454 e.